The molecule has 0 saturated carbocycles. The summed E-state index contributed by atoms with van der Waals surface area (Å²) in [4.78, 5) is 0. The van der Waals surface area contributed by atoms with Crippen LogP contribution in [-0.2, 0) is 10.2 Å². The molecular formula is C13H27N3O2S. The SMILES string of the molecule is CNCC1CCCN(S(=O)(=O)N2CCCC(C)C2)C1. The number of nitrogens with one attached hydrogen (secondary N) is 1. The summed E-state index contributed by atoms with van der Waals surface area (Å²) in [6.07, 6.45) is 4.25. The van der Waals surface area contributed by atoms with E-state index in [0.717, 1.165) is 32.2 Å². The summed E-state index contributed by atoms with van der Waals surface area (Å²) in [6.45, 7) is 5.79. The van der Waals surface area contributed by atoms with E-state index in [1.54, 1.807) is 8.61 Å². The molecule has 0 aromatic carbocycles. The topological polar surface area (TPSA) is 52.7 Å². The Morgan fingerprint density at radius 3 is 2.37 bits per heavy atom. The number of rotatable bonds is 4. The van der Waals surface area contributed by atoms with Crippen molar-refractivity contribution in [2.24, 2.45) is 11.8 Å². The van der Waals surface area contributed by atoms with Gasteiger partial charge in [0.15, 0.2) is 0 Å². The number of piperidine rings is 2. The van der Waals surface area contributed by atoms with Crippen molar-refractivity contribution < 1.29 is 8.42 Å². The third-order valence-electron chi connectivity index (χ3n) is 4.25. The molecule has 0 radical (unpaired) electrons. The van der Waals surface area contributed by atoms with E-state index < -0.39 is 10.2 Å². The predicted molar refractivity (Wildman–Crippen MR) is 77.1 cm³/mol. The summed E-state index contributed by atoms with van der Waals surface area (Å²) in [5.74, 6) is 0.942. The van der Waals surface area contributed by atoms with E-state index in [1.165, 1.54) is 0 Å². The molecule has 2 aliphatic rings. The summed E-state index contributed by atoms with van der Waals surface area (Å²) in [6, 6.07) is 0. The zero-order valence-electron chi connectivity index (χ0n) is 12.1. The first kappa shape index (κ1) is 15.2. The monoisotopic (exact) mass is 289 g/mol. The van der Waals surface area contributed by atoms with Gasteiger partial charge in [-0.05, 0) is 51.1 Å². The van der Waals surface area contributed by atoms with E-state index in [9.17, 15) is 8.42 Å². The van der Waals surface area contributed by atoms with Crippen LogP contribution in [0.1, 0.15) is 32.6 Å². The molecule has 2 aliphatic heterocycles. The maximum Gasteiger partial charge on any atom is 0.281 e. The van der Waals surface area contributed by atoms with Crippen molar-refractivity contribution in [1.29, 1.82) is 0 Å². The molecule has 2 rings (SSSR count). The van der Waals surface area contributed by atoms with Crippen LogP contribution >= 0.6 is 0 Å². The summed E-state index contributed by atoms with van der Waals surface area (Å²) in [5.41, 5.74) is 0. The molecule has 112 valence electrons. The lowest BCUT2D eigenvalue weighted by molar-refractivity contribution is 0.221. The van der Waals surface area contributed by atoms with Crippen molar-refractivity contribution in [3.63, 3.8) is 0 Å². The molecule has 2 fully saturated rings. The molecule has 1 N–H and O–H groups in total. The molecule has 0 aromatic heterocycles. The first-order chi connectivity index (χ1) is 9.04. The normalized spacial score (nSPS) is 31.5. The van der Waals surface area contributed by atoms with Gasteiger partial charge in [-0.15, -0.1) is 0 Å². The van der Waals surface area contributed by atoms with Crippen molar-refractivity contribution in [2.45, 2.75) is 32.6 Å². The smallest absolute Gasteiger partial charge is 0.281 e. The van der Waals surface area contributed by atoms with E-state index in [-0.39, 0.29) is 0 Å². The average molecular weight is 289 g/mol. The molecule has 2 heterocycles. The number of hydrogen-bond acceptors (Lipinski definition) is 3. The molecule has 19 heavy (non-hydrogen) atoms. The van der Waals surface area contributed by atoms with Crippen LogP contribution in [0.5, 0.6) is 0 Å². The highest BCUT2D eigenvalue weighted by Crippen LogP contribution is 2.24. The highest BCUT2D eigenvalue weighted by molar-refractivity contribution is 7.86. The third-order valence-corrected chi connectivity index (χ3v) is 6.22. The quantitative estimate of drug-likeness (QED) is 0.836. The average Bonchev–Trinajstić information content (AvgIpc) is 2.39. The number of hydrogen-bond donors (Lipinski definition) is 1. The fourth-order valence-corrected chi connectivity index (χ4v) is 5.10. The van der Waals surface area contributed by atoms with Crippen molar-refractivity contribution in [2.75, 3.05) is 39.8 Å². The van der Waals surface area contributed by atoms with E-state index in [4.69, 9.17) is 0 Å². The first-order valence-corrected chi connectivity index (χ1v) is 8.83. The van der Waals surface area contributed by atoms with Crippen molar-refractivity contribution in [3.8, 4) is 0 Å². The highest BCUT2D eigenvalue weighted by atomic mass is 32.2. The minimum atomic E-state index is -3.23. The molecule has 6 heteroatoms. The van der Waals surface area contributed by atoms with Gasteiger partial charge in [0.05, 0.1) is 0 Å². The molecule has 0 bridgehead atoms. The van der Waals surface area contributed by atoms with E-state index in [2.05, 4.69) is 12.2 Å². The van der Waals surface area contributed by atoms with Gasteiger partial charge >= 0.3 is 0 Å². The summed E-state index contributed by atoms with van der Waals surface area (Å²) in [5, 5.41) is 3.16. The lowest BCUT2D eigenvalue weighted by atomic mass is 10.00. The summed E-state index contributed by atoms with van der Waals surface area (Å²) in [7, 11) is -1.30. The fourth-order valence-electron chi connectivity index (χ4n) is 3.21. The molecule has 0 amide bonds. The molecule has 5 nitrogen and oxygen atoms in total. The largest absolute Gasteiger partial charge is 0.319 e. The van der Waals surface area contributed by atoms with Crippen LogP contribution in [0.15, 0.2) is 0 Å². The van der Waals surface area contributed by atoms with E-state index >= 15 is 0 Å². The summed E-state index contributed by atoms with van der Waals surface area (Å²) >= 11 is 0. The minimum Gasteiger partial charge on any atom is -0.319 e. The Labute approximate surface area is 117 Å². The molecule has 0 aromatic rings. The van der Waals surface area contributed by atoms with Gasteiger partial charge in [-0.3, -0.25) is 0 Å². The Morgan fingerprint density at radius 2 is 1.74 bits per heavy atom. The second kappa shape index (κ2) is 6.52. The minimum absolute atomic E-state index is 0.454. The third kappa shape index (κ3) is 3.68. The second-order valence-corrected chi connectivity index (χ2v) is 7.97. The van der Waals surface area contributed by atoms with Crippen LogP contribution in [0.4, 0.5) is 0 Å². The zero-order valence-corrected chi connectivity index (χ0v) is 13.0. The fraction of sp³-hybridized carbons (Fsp3) is 1.00. The lowest BCUT2D eigenvalue weighted by Gasteiger charge is -2.38. The zero-order chi connectivity index (χ0) is 13.9. The first-order valence-electron chi connectivity index (χ1n) is 7.44. The maximum atomic E-state index is 12.7. The van der Waals surface area contributed by atoms with Crippen LogP contribution in [0, 0.1) is 11.8 Å². The van der Waals surface area contributed by atoms with Gasteiger partial charge in [-0.2, -0.15) is 17.0 Å². The van der Waals surface area contributed by atoms with Gasteiger partial charge in [0.25, 0.3) is 10.2 Å². The second-order valence-electron chi connectivity index (χ2n) is 6.04. The number of nitrogens with zero attached hydrogens (tertiary/aromatic N) is 2. The Bertz CT molecular complexity index is 383. The van der Waals surface area contributed by atoms with Gasteiger partial charge in [0.1, 0.15) is 0 Å². The molecule has 0 aliphatic carbocycles. The van der Waals surface area contributed by atoms with Crippen molar-refractivity contribution in [1.82, 2.24) is 13.9 Å². The van der Waals surface area contributed by atoms with Gasteiger partial charge in [-0.1, -0.05) is 6.92 Å². The highest BCUT2D eigenvalue weighted by Gasteiger charge is 2.35. The standard InChI is InChI=1S/C13H27N3O2S/c1-12-5-3-7-15(10-12)19(17,18)16-8-4-6-13(11-16)9-14-2/h12-14H,3-11H2,1-2H3. The van der Waals surface area contributed by atoms with Gasteiger partial charge < -0.3 is 5.32 Å². The van der Waals surface area contributed by atoms with Crippen molar-refractivity contribution in [3.05, 3.63) is 0 Å². The molecule has 2 atom stereocenters. The Balaban J connectivity index is 2.02. The Kier molecular flexibility index (Phi) is 5.22. The van der Waals surface area contributed by atoms with E-state index in [1.807, 2.05) is 7.05 Å². The van der Waals surface area contributed by atoms with Gasteiger partial charge in [0.2, 0.25) is 0 Å². The van der Waals surface area contributed by atoms with E-state index in [0.29, 0.717) is 38.0 Å². The van der Waals surface area contributed by atoms with Crippen LogP contribution < -0.4 is 5.32 Å². The lowest BCUT2D eigenvalue weighted by Crippen LogP contribution is -2.51. The Morgan fingerprint density at radius 1 is 1.11 bits per heavy atom. The summed E-state index contributed by atoms with van der Waals surface area (Å²) < 4.78 is 28.7. The molecular weight excluding hydrogens is 262 g/mol. The molecule has 2 unspecified atom stereocenters. The van der Waals surface area contributed by atoms with Gasteiger partial charge in [-0.25, -0.2) is 0 Å². The van der Waals surface area contributed by atoms with Crippen LogP contribution in [0.2, 0.25) is 0 Å². The predicted octanol–water partition coefficient (Wildman–Crippen LogP) is 0.895. The Hall–Kier alpha value is -0.170. The van der Waals surface area contributed by atoms with Crippen molar-refractivity contribution >= 4 is 10.2 Å². The van der Waals surface area contributed by atoms with Crippen LogP contribution in [0.3, 0.4) is 0 Å². The molecule has 0 spiro atoms. The van der Waals surface area contributed by atoms with Crippen LogP contribution in [-0.4, -0.2) is 56.8 Å². The maximum absolute atomic E-state index is 12.7. The molecule has 2 saturated heterocycles. The van der Waals surface area contributed by atoms with Crippen LogP contribution in [0.25, 0.3) is 0 Å². The van der Waals surface area contributed by atoms with Gasteiger partial charge in [0, 0.05) is 26.2 Å².